The lowest BCUT2D eigenvalue weighted by Gasteiger charge is -2.55. The molecule has 0 aliphatic carbocycles. The van der Waals surface area contributed by atoms with Gasteiger partial charge >= 0.3 is 5.97 Å². The van der Waals surface area contributed by atoms with E-state index in [1.165, 1.54) is 0 Å². The van der Waals surface area contributed by atoms with Crippen LogP contribution in [0.25, 0.3) is 0 Å². The van der Waals surface area contributed by atoms with Crippen LogP contribution in [0, 0.1) is 11.1 Å². The smallest absolute Gasteiger partial charge is 0.316 e. The summed E-state index contributed by atoms with van der Waals surface area (Å²) in [6.07, 6.45) is -0.510. The number of nitrogens with zero attached hydrogens (tertiary/aromatic N) is 2. The van der Waals surface area contributed by atoms with Crippen LogP contribution in [0.4, 0.5) is 0 Å². The molecule has 158 valence electrons. The van der Waals surface area contributed by atoms with Gasteiger partial charge in [0, 0.05) is 24.9 Å². The monoisotopic (exact) mass is 404 g/mol. The molecule has 3 atom stereocenters. The van der Waals surface area contributed by atoms with E-state index in [0.717, 1.165) is 5.01 Å². The molecule has 2 aliphatic heterocycles. The Kier molecular flexibility index (Phi) is 5.92. The molecule has 1 aromatic carbocycles. The van der Waals surface area contributed by atoms with Crippen LogP contribution in [0.1, 0.15) is 44.0 Å². The fraction of sp³-hybridized carbons (Fsp3) is 0.550. The Morgan fingerprint density at radius 3 is 2.62 bits per heavy atom. The van der Waals surface area contributed by atoms with Crippen molar-refractivity contribution in [2.24, 2.45) is 5.92 Å². The molecule has 9 heteroatoms. The average Bonchev–Trinajstić information content (AvgIpc) is 2.84. The van der Waals surface area contributed by atoms with Gasteiger partial charge in [-0.25, -0.2) is 4.76 Å². The molecule has 0 saturated carbocycles. The lowest BCUT2D eigenvalue weighted by molar-refractivity contribution is -1.01. The van der Waals surface area contributed by atoms with Gasteiger partial charge in [0.25, 0.3) is 11.8 Å². The molecule has 3 rings (SSSR count). The zero-order valence-corrected chi connectivity index (χ0v) is 17.0. The van der Waals surface area contributed by atoms with Gasteiger partial charge in [0.05, 0.1) is 0 Å². The van der Waals surface area contributed by atoms with Gasteiger partial charge in [0.1, 0.15) is 24.7 Å². The van der Waals surface area contributed by atoms with Gasteiger partial charge in [0.15, 0.2) is 6.17 Å². The second-order valence-electron chi connectivity index (χ2n) is 8.47. The van der Waals surface area contributed by atoms with Crippen molar-refractivity contribution >= 4 is 17.8 Å². The summed E-state index contributed by atoms with van der Waals surface area (Å²) in [5.74, 6) is -1.92. The molecule has 0 spiro atoms. The maximum atomic E-state index is 13.9. The van der Waals surface area contributed by atoms with Crippen LogP contribution < -0.4 is 10.6 Å². The topological polar surface area (TPSA) is 111 Å². The fourth-order valence-corrected chi connectivity index (χ4v) is 3.65. The number of ether oxygens (including phenoxy) is 1. The number of benzene rings is 1. The first-order valence-corrected chi connectivity index (χ1v) is 9.79. The summed E-state index contributed by atoms with van der Waals surface area (Å²) >= 11 is 0. The molecule has 2 aliphatic rings. The highest BCUT2D eigenvalue weighted by Crippen LogP contribution is 2.30. The Morgan fingerprint density at radius 1 is 1.28 bits per heavy atom. The molecule has 0 bridgehead atoms. The third kappa shape index (κ3) is 4.75. The minimum absolute atomic E-state index is 0.0132. The quantitative estimate of drug-likeness (QED) is 0.444. The number of hydrogen-bond acceptors (Lipinski definition) is 6. The molecule has 3 unspecified atom stereocenters. The number of fused-ring (bicyclic) bond motifs is 1. The normalized spacial score (nSPS) is 27.6. The lowest BCUT2D eigenvalue weighted by atomic mass is 10.1. The SMILES string of the molecule is CC(C)(C)OC(=O)C1CNCN2C(=O)CCC(NC(=O)c3ccccc3)[N+]2([O-])C1. The number of esters is 1. The maximum Gasteiger partial charge on any atom is 0.316 e. The minimum atomic E-state index is -1.10. The minimum Gasteiger partial charge on any atom is -0.604 e. The summed E-state index contributed by atoms with van der Waals surface area (Å²) in [4.78, 5) is 37.7. The second-order valence-corrected chi connectivity index (χ2v) is 8.47. The first-order chi connectivity index (χ1) is 13.6. The van der Waals surface area contributed by atoms with E-state index in [-0.39, 0.29) is 44.4 Å². The van der Waals surface area contributed by atoms with Crippen LogP contribution in [0.3, 0.4) is 0 Å². The number of nitrogens with one attached hydrogen (secondary N) is 2. The van der Waals surface area contributed by atoms with E-state index in [9.17, 15) is 19.6 Å². The standard InChI is InChI=1S/C20H28N4O5/c1-20(2,3)29-19(27)15-11-21-13-23-17(25)10-9-16(24(23,28)12-15)22-18(26)14-7-5-4-6-8-14/h4-8,15-16,21H,9-13H2,1-3H3,(H,22,26). The molecule has 2 N–H and O–H groups in total. The number of carbonyl (C=O) groups is 3. The van der Waals surface area contributed by atoms with Gasteiger partial charge in [-0.2, -0.15) is 5.01 Å². The maximum absolute atomic E-state index is 13.9. The Bertz CT molecular complexity index is 779. The summed E-state index contributed by atoms with van der Waals surface area (Å²) in [6, 6.07) is 8.59. The van der Waals surface area contributed by atoms with Gasteiger partial charge < -0.3 is 15.3 Å². The largest absolute Gasteiger partial charge is 0.604 e. The van der Waals surface area contributed by atoms with Crippen LogP contribution in [-0.4, -0.2) is 59.1 Å². The van der Waals surface area contributed by atoms with E-state index >= 15 is 0 Å². The van der Waals surface area contributed by atoms with E-state index < -0.39 is 28.4 Å². The van der Waals surface area contributed by atoms with E-state index in [1.54, 1.807) is 51.1 Å². The van der Waals surface area contributed by atoms with Crippen molar-refractivity contribution in [1.82, 2.24) is 15.6 Å². The molecule has 2 fully saturated rings. The summed E-state index contributed by atoms with van der Waals surface area (Å²) in [6.45, 7) is 5.33. The van der Waals surface area contributed by atoms with Gasteiger partial charge in [0.2, 0.25) is 0 Å². The number of amides is 2. The van der Waals surface area contributed by atoms with Crippen molar-refractivity contribution in [3.63, 3.8) is 0 Å². The molecule has 2 heterocycles. The predicted octanol–water partition coefficient (Wildman–Crippen LogP) is 1.11. The molecule has 0 aromatic heterocycles. The van der Waals surface area contributed by atoms with Crippen molar-refractivity contribution in [1.29, 1.82) is 0 Å². The van der Waals surface area contributed by atoms with E-state index in [0.29, 0.717) is 5.56 Å². The number of hydroxylamine groups is 2. The van der Waals surface area contributed by atoms with E-state index in [4.69, 9.17) is 4.74 Å². The van der Waals surface area contributed by atoms with Crippen molar-refractivity contribution in [2.45, 2.75) is 45.4 Å². The van der Waals surface area contributed by atoms with Gasteiger partial charge in [-0.05, 0) is 32.9 Å². The highest BCUT2D eigenvalue weighted by Gasteiger charge is 2.48. The van der Waals surface area contributed by atoms with Crippen LogP contribution in [0.2, 0.25) is 0 Å². The zero-order chi connectivity index (χ0) is 21.2. The summed E-state index contributed by atoms with van der Waals surface area (Å²) in [7, 11) is 0. The number of quaternary nitrogens is 1. The first-order valence-electron chi connectivity index (χ1n) is 9.79. The third-order valence-corrected chi connectivity index (χ3v) is 5.02. The highest BCUT2D eigenvalue weighted by atomic mass is 16.6. The fourth-order valence-electron chi connectivity index (χ4n) is 3.65. The van der Waals surface area contributed by atoms with Crippen molar-refractivity contribution in [3.8, 4) is 0 Å². The molecular formula is C20H28N4O5. The van der Waals surface area contributed by atoms with Crippen molar-refractivity contribution in [3.05, 3.63) is 41.1 Å². The molecule has 29 heavy (non-hydrogen) atoms. The number of carbonyl (C=O) groups excluding carboxylic acids is 3. The summed E-state index contributed by atoms with van der Waals surface area (Å²) in [5.41, 5.74) is -0.255. The van der Waals surface area contributed by atoms with Crippen LogP contribution in [0.5, 0.6) is 0 Å². The Hall–Kier alpha value is -2.49. The van der Waals surface area contributed by atoms with E-state index in [2.05, 4.69) is 10.6 Å². The van der Waals surface area contributed by atoms with Crippen LogP contribution in [0.15, 0.2) is 30.3 Å². The van der Waals surface area contributed by atoms with Crippen LogP contribution in [-0.2, 0) is 14.3 Å². The highest BCUT2D eigenvalue weighted by molar-refractivity contribution is 5.94. The Morgan fingerprint density at radius 2 is 1.97 bits per heavy atom. The van der Waals surface area contributed by atoms with Crippen molar-refractivity contribution < 1.29 is 23.9 Å². The lowest BCUT2D eigenvalue weighted by Crippen LogP contribution is -2.72. The molecule has 1 aromatic rings. The number of hydrogen-bond donors (Lipinski definition) is 2. The Labute approximate surface area is 170 Å². The predicted molar refractivity (Wildman–Crippen MR) is 104 cm³/mol. The summed E-state index contributed by atoms with van der Waals surface area (Å²) < 4.78 is 4.35. The molecule has 9 nitrogen and oxygen atoms in total. The van der Waals surface area contributed by atoms with E-state index in [1.807, 2.05) is 0 Å². The molecule has 2 saturated heterocycles. The summed E-state index contributed by atoms with van der Waals surface area (Å²) in [5, 5.41) is 20.8. The molecule has 0 radical (unpaired) electrons. The van der Waals surface area contributed by atoms with Crippen LogP contribution >= 0.6 is 0 Å². The average molecular weight is 404 g/mol. The zero-order valence-electron chi connectivity index (χ0n) is 17.0. The van der Waals surface area contributed by atoms with Gasteiger partial charge in [-0.3, -0.25) is 19.7 Å². The Balaban J connectivity index is 1.83. The first kappa shape index (κ1) is 21.2. The van der Waals surface area contributed by atoms with Gasteiger partial charge in [-0.1, -0.05) is 18.2 Å². The number of rotatable bonds is 3. The molecular weight excluding hydrogens is 376 g/mol. The second kappa shape index (κ2) is 8.10. The molecule has 2 amide bonds. The van der Waals surface area contributed by atoms with Gasteiger partial charge in [-0.15, -0.1) is 0 Å². The van der Waals surface area contributed by atoms with Crippen molar-refractivity contribution in [2.75, 3.05) is 19.8 Å². The third-order valence-electron chi connectivity index (χ3n) is 5.02.